The molecule has 0 radical (unpaired) electrons. The molecule has 1 aliphatic heterocycles. The van der Waals surface area contributed by atoms with Crippen LogP contribution in [0, 0.1) is 5.92 Å². The van der Waals surface area contributed by atoms with E-state index in [1.54, 1.807) is 21.8 Å². The maximum Gasteiger partial charge on any atom is 0.410 e. The monoisotopic (exact) mass is 371 g/mol. The fourth-order valence-corrected chi connectivity index (χ4v) is 2.95. The Morgan fingerprint density at radius 3 is 2.67 bits per heavy atom. The number of ether oxygens (including phenoxy) is 2. The van der Waals surface area contributed by atoms with Gasteiger partial charge < -0.3 is 14.4 Å². The summed E-state index contributed by atoms with van der Waals surface area (Å²) in [6, 6.07) is 5.47. The Balaban J connectivity index is 1.64. The first-order valence-electron chi connectivity index (χ1n) is 8.95. The van der Waals surface area contributed by atoms with E-state index in [4.69, 9.17) is 9.47 Å². The van der Waals surface area contributed by atoms with Crippen LogP contribution in [-0.4, -0.2) is 52.4 Å². The number of aldehydes is 1. The maximum atomic E-state index is 12.0. The molecule has 1 fully saturated rings. The van der Waals surface area contributed by atoms with Gasteiger partial charge in [-0.25, -0.2) is 4.79 Å². The molecule has 0 aliphatic carbocycles. The summed E-state index contributed by atoms with van der Waals surface area (Å²) in [6.07, 6.45) is 4.11. The van der Waals surface area contributed by atoms with Crippen LogP contribution >= 0.6 is 0 Å². The Hall–Kier alpha value is -2.83. The molecule has 1 aromatic carbocycles. The largest absolute Gasteiger partial charge is 0.492 e. The summed E-state index contributed by atoms with van der Waals surface area (Å²) in [5, 5.41) is 4.19. The molecule has 0 unspecified atom stereocenters. The lowest BCUT2D eigenvalue weighted by Gasteiger charge is -2.39. The molecule has 1 aliphatic rings. The predicted molar refractivity (Wildman–Crippen MR) is 101 cm³/mol. The average molecular weight is 371 g/mol. The molecule has 0 bridgehead atoms. The van der Waals surface area contributed by atoms with Crippen molar-refractivity contribution < 1.29 is 19.1 Å². The van der Waals surface area contributed by atoms with Gasteiger partial charge in [-0.2, -0.15) is 5.10 Å². The van der Waals surface area contributed by atoms with Crippen molar-refractivity contribution in [1.82, 2.24) is 14.7 Å². The van der Waals surface area contributed by atoms with Crippen LogP contribution in [0.2, 0.25) is 0 Å². The number of aryl methyl sites for hydroxylation is 1. The summed E-state index contributed by atoms with van der Waals surface area (Å²) in [6.45, 7) is 7.14. The van der Waals surface area contributed by atoms with E-state index in [9.17, 15) is 9.59 Å². The molecule has 2 heterocycles. The van der Waals surface area contributed by atoms with E-state index in [0.29, 0.717) is 31.0 Å². The zero-order valence-electron chi connectivity index (χ0n) is 16.1. The van der Waals surface area contributed by atoms with Gasteiger partial charge in [-0.3, -0.25) is 9.48 Å². The molecular formula is C20H25N3O4. The first-order valence-corrected chi connectivity index (χ1v) is 8.95. The number of hydrogen-bond acceptors (Lipinski definition) is 5. The van der Waals surface area contributed by atoms with Crippen molar-refractivity contribution in [2.45, 2.75) is 26.4 Å². The first kappa shape index (κ1) is 18.9. The van der Waals surface area contributed by atoms with E-state index < -0.39 is 5.60 Å². The van der Waals surface area contributed by atoms with Crippen molar-refractivity contribution in [3.8, 4) is 16.9 Å². The minimum atomic E-state index is -0.500. The van der Waals surface area contributed by atoms with Crippen LogP contribution in [0.15, 0.2) is 30.6 Å². The van der Waals surface area contributed by atoms with E-state index in [1.165, 1.54) is 0 Å². The molecule has 2 aromatic rings. The van der Waals surface area contributed by atoms with Crippen LogP contribution in [-0.2, 0) is 11.8 Å². The highest BCUT2D eigenvalue weighted by atomic mass is 16.6. The summed E-state index contributed by atoms with van der Waals surface area (Å²) in [7, 11) is 1.84. The van der Waals surface area contributed by atoms with Gasteiger partial charge in [0, 0.05) is 43.4 Å². The van der Waals surface area contributed by atoms with Crippen molar-refractivity contribution >= 4 is 12.4 Å². The van der Waals surface area contributed by atoms with Gasteiger partial charge in [0.2, 0.25) is 0 Å². The van der Waals surface area contributed by atoms with Crippen molar-refractivity contribution in [3.05, 3.63) is 36.2 Å². The van der Waals surface area contributed by atoms with Gasteiger partial charge >= 0.3 is 6.09 Å². The molecule has 0 N–H and O–H groups in total. The molecule has 1 amide bonds. The number of nitrogens with zero attached hydrogens (tertiary/aromatic N) is 3. The lowest BCUT2D eigenvalue weighted by molar-refractivity contribution is -0.00779. The summed E-state index contributed by atoms with van der Waals surface area (Å²) >= 11 is 0. The summed E-state index contributed by atoms with van der Waals surface area (Å²) < 4.78 is 13.1. The molecule has 27 heavy (non-hydrogen) atoms. The highest BCUT2D eigenvalue weighted by Crippen LogP contribution is 2.33. The van der Waals surface area contributed by atoms with Crippen molar-refractivity contribution in [3.63, 3.8) is 0 Å². The fraction of sp³-hybridized carbons (Fsp3) is 0.450. The van der Waals surface area contributed by atoms with Crippen LogP contribution in [0.25, 0.3) is 11.1 Å². The SMILES string of the molecule is Cn1cc(-c2cccc(C=O)c2OCC2CN(C(=O)OC(C)(C)C)C2)cn1. The number of carbonyl (C=O) groups excluding carboxylic acids is 2. The van der Waals surface area contributed by atoms with Crippen LogP contribution in [0.1, 0.15) is 31.1 Å². The average Bonchev–Trinajstić information content (AvgIpc) is 2.97. The smallest absolute Gasteiger partial charge is 0.410 e. The first-order chi connectivity index (χ1) is 12.8. The molecule has 1 aromatic heterocycles. The van der Waals surface area contributed by atoms with E-state index >= 15 is 0 Å². The third-order valence-electron chi connectivity index (χ3n) is 4.26. The topological polar surface area (TPSA) is 73.7 Å². The second kappa shape index (κ2) is 7.42. The molecule has 0 saturated carbocycles. The molecule has 0 atom stereocenters. The third kappa shape index (κ3) is 4.48. The minimum absolute atomic E-state index is 0.207. The van der Waals surface area contributed by atoms with Crippen LogP contribution in [0.3, 0.4) is 0 Å². The van der Waals surface area contributed by atoms with Gasteiger partial charge in [-0.05, 0) is 26.8 Å². The van der Waals surface area contributed by atoms with Gasteiger partial charge in [0.25, 0.3) is 0 Å². The lowest BCUT2D eigenvalue weighted by atomic mass is 10.0. The fourth-order valence-electron chi connectivity index (χ4n) is 2.95. The van der Waals surface area contributed by atoms with Crippen LogP contribution < -0.4 is 4.74 Å². The highest BCUT2D eigenvalue weighted by Gasteiger charge is 2.34. The second-order valence-corrected chi connectivity index (χ2v) is 7.81. The normalized spacial score (nSPS) is 14.6. The molecule has 1 saturated heterocycles. The quantitative estimate of drug-likeness (QED) is 0.755. The number of benzene rings is 1. The standard InChI is InChI=1S/C20H25N3O4/c1-20(2,3)27-19(25)23-9-14(10-23)13-26-18-15(12-24)6-5-7-17(18)16-8-21-22(4)11-16/h5-8,11-12,14H,9-10,13H2,1-4H3. The number of rotatable bonds is 5. The van der Waals surface area contributed by atoms with E-state index in [-0.39, 0.29) is 12.0 Å². The van der Waals surface area contributed by atoms with E-state index in [1.807, 2.05) is 46.1 Å². The van der Waals surface area contributed by atoms with Crippen LogP contribution in [0.4, 0.5) is 4.79 Å². The number of carbonyl (C=O) groups is 2. The number of hydrogen-bond donors (Lipinski definition) is 0. The summed E-state index contributed by atoms with van der Waals surface area (Å²) in [5.41, 5.74) is 1.72. The molecule has 144 valence electrons. The van der Waals surface area contributed by atoms with Crippen molar-refractivity contribution in [1.29, 1.82) is 0 Å². The molecule has 0 spiro atoms. The Morgan fingerprint density at radius 2 is 2.07 bits per heavy atom. The second-order valence-electron chi connectivity index (χ2n) is 7.81. The Bertz CT molecular complexity index is 832. The van der Waals surface area contributed by atoms with Gasteiger partial charge in [-0.1, -0.05) is 12.1 Å². The maximum absolute atomic E-state index is 12.0. The molecular weight excluding hydrogens is 346 g/mol. The zero-order chi connectivity index (χ0) is 19.6. The Kier molecular flexibility index (Phi) is 5.21. The number of amides is 1. The predicted octanol–water partition coefficient (Wildman–Crippen LogP) is 3.15. The summed E-state index contributed by atoms with van der Waals surface area (Å²) in [4.78, 5) is 25.1. The molecule has 3 rings (SSSR count). The van der Waals surface area contributed by atoms with Crippen LogP contribution in [0.5, 0.6) is 5.75 Å². The van der Waals surface area contributed by atoms with Crippen molar-refractivity contribution in [2.24, 2.45) is 13.0 Å². The molecule has 7 heteroatoms. The Morgan fingerprint density at radius 1 is 1.33 bits per heavy atom. The Labute approximate surface area is 158 Å². The zero-order valence-corrected chi connectivity index (χ0v) is 16.1. The highest BCUT2D eigenvalue weighted by molar-refractivity contribution is 5.85. The van der Waals surface area contributed by atoms with Crippen molar-refractivity contribution in [2.75, 3.05) is 19.7 Å². The number of likely N-dealkylation sites (tertiary alicyclic amines) is 1. The van der Waals surface area contributed by atoms with Gasteiger partial charge in [0.1, 0.15) is 11.4 Å². The van der Waals surface area contributed by atoms with Gasteiger partial charge in [-0.15, -0.1) is 0 Å². The minimum Gasteiger partial charge on any atom is -0.492 e. The number of aromatic nitrogens is 2. The summed E-state index contributed by atoms with van der Waals surface area (Å²) in [5.74, 6) is 0.759. The number of para-hydroxylation sites is 1. The van der Waals surface area contributed by atoms with E-state index in [2.05, 4.69) is 5.10 Å². The van der Waals surface area contributed by atoms with Gasteiger partial charge in [0.05, 0.1) is 18.4 Å². The van der Waals surface area contributed by atoms with E-state index in [0.717, 1.165) is 17.4 Å². The third-order valence-corrected chi connectivity index (χ3v) is 4.26. The molecule has 7 nitrogen and oxygen atoms in total. The lowest BCUT2D eigenvalue weighted by Crippen LogP contribution is -2.53. The van der Waals surface area contributed by atoms with Gasteiger partial charge in [0.15, 0.2) is 6.29 Å².